The highest BCUT2D eigenvalue weighted by Crippen LogP contribution is 2.44. The van der Waals surface area contributed by atoms with E-state index < -0.39 is 30.2 Å². The van der Waals surface area contributed by atoms with Gasteiger partial charge in [-0.25, -0.2) is 9.18 Å². The number of benzene rings is 3. The van der Waals surface area contributed by atoms with Gasteiger partial charge in [0.2, 0.25) is 0 Å². The molecule has 0 spiro atoms. The molecular formula is C32H32BFN2O4. The number of halogens is 1. The lowest BCUT2D eigenvalue weighted by atomic mass is 9.77. The zero-order chi connectivity index (χ0) is 28.5. The summed E-state index contributed by atoms with van der Waals surface area (Å²) in [6.45, 7) is 7.95. The Labute approximate surface area is 234 Å². The molecule has 3 aromatic rings. The summed E-state index contributed by atoms with van der Waals surface area (Å²) < 4.78 is 33.0. The standard InChI is InChI=1S/C32H32BFN2O4/c1-31(2)32(3,4)40-33(39-31)23(18-22-14-13-21(15-16-35)17-29(22)34)19-36-30(37)38-20-28-26-11-7-5-9-24(26)25-10-6-8-12-27(25)28/h5-14,17-18,28H,15,19-20H2,1-4H3,(H,36,37). The minimum Gasteiger partial charge on any atom is -0.449 e. The zero-order valence-corrected chi connectivity index (χ0v) is 23.2. The van der Waals surface area contributed by atoms with Crippen LogP contribution in [-0.2, 0) is 20.5 Å². The van der Waals surface area contributed by atoms with Gasteiger partial charge in [0.15, 0.2) is 0 Å². The molecule has 1 N–H and O–H groups in total. The lowest BCUT2D eigenvalue weighted by Gasteiger charge is -2.32. The highest BCUT2D eigenvalue weighted by molar-refractivity contribution is 6.56. The van der Waals surface area contributed by atoms with Crippen molar-refractivity contribution in [3.63, 3.8) is 0 Å². The van der Waals surface area contributed by atoms with E-state index in [2.05, 4.69) is 29.6 Å². The fraction of sp³-hybridized carbons (Fsp3) is 0.312. The first-order valence-corrected chi connectivity index (χ1v) is 13.4. The third-order valence-electron chi connectivity index (χ3n) is 8.03. The molecule has 1 aliphatic carbocycles. The predicted octanol–water partition coefficient (Wildman–Crippen LogP) is 6.45. The molecule has 204 valence electrons. The SMILES string of the molecule is CC1(C)OB(C(=Cc2ccc(CC#N)cc2F)CNC(=O)OCC2c3ccccc3-c3ccccc32)OC1(C)C. The minimum atomic E-state index is -0.794. The van der Waals surface area contributed by atoms with E-state index in [1.807, 2.05) is 58.0 Å². The third-order valence-corrected chi connectivity index (χ3v) is 8.03. The average molecular weight is 538 g/mol. The van der Waals surface area contributed by atoms with Gasteiger partial charge in [-0.2, -0.15) is 5.26 Å². The van der Waals surface area contributed by atoms with Crippen LogP contribution in [0.4, 0.5) is 9.18 Å². The van der Waals surface area contributed by atoms with Crippen LogP contribution in [0.2, 0.25) is 0 Å². The Morgan fingerprint density at radius 3 is 2.20 bits per heavy atom. The van der Waals surface area contributed by atoms with Crippen LogP contribution in [-0.4, -0.2) is 37.6 Å². The van der Waals surface area contributed by atoms with Crippen LogP contribution in [0.15, 0.2) is 72.2 Å². The number of carbonyl (C=O) groups is 1. The van der Waals surface area contributed by atoms with Crippen LogP contribution in [0.25, 0.3) is 17.2 Å². The van der Waals surface area contributed by atoms with Crippen LogP contribution >= 0.6 is 0 Å². The van der Waals surface area contributed by atoms with Crippen molar-refractivity contribution in [2.45, 2.75) is 51.2 Å². The number of carbonyl (C=O) groups excluding carboxylic acids is 1. The number of alkyl carbamates (subject to hydrolysis) is 1. The lowest BCUT2D eigenvalue weighted by molar-refractivity contribution is 0.00578. The van der Waals surface area contributed by atoms with Crippen molar-refractivity contribution < 1.29 is 23.2 Å². The van der Waals surface area contributed by atoms with E-state index in [0.29, 0.717) is 16.6 Å². The Bertz CT molecular complexity index is 1450. The Balaban J connectivity index is 1.32. The fourth-order valence-corrected chi connectivity index (χ4v) is 5.11. The summed E-state index contributed by atoms with van der Waals surface area (Å²) in [5, 5.41) is 11.7. The number of hydrogen-bond acceptors (Lipinski definition) is 5. The average Bonchev–Trinajstić information content (AvgIpc) is 3.35. The van der Waals surface area contributed by atoms with E-state index >= 15 is 0 Å². The molecule has 1 amide bonds. The minimum absolute atomic E-state index is 0.0346. The molecule has 0 bridgehead atoms. The zero-order valence-electron chi connectivity index (χ0n) is 23.2. The van der Waals surface area contributed by atoms with E-state index in [1.54, 1.807) is 18.2 Å². The second kappa shape index (κ2) is 10.9. The van der Waals surface area contributed by atoms with E-state index in [4.69, 9.17) is 19.3 Å². The van der Waals surface area contributed by atoms with Gasteiger partial charge < -0.3 is 19.4 Å². The largest absolute Gasteiger partial charge is 0.492 e. The molecule has 0 unspecified atom stereocenters. The fourth-order valence-electron chi connectivity index (χ4n) is 5.11. The van der Waals surface area contributed by atoms with Gasteiger partial charge in [-0.15, -0.1) is 0 Å². The molecule has 40 heavy (non-hydrogen) atoms. The molecule has 1 saturated heterocycles. The van der Waals surface area contributed by atoms with E-state index in [0.717, 1.165) is 22.3 Å². The van der Waals surface area contributed by atoms with Crippen molar-refractivity contribution in [1.29, 1.82) is 5.26 Å². The molecular weight excluding hydrogens is 506 g/mol. The van der Waals surface area contributed by atoms with Crippen molar-refractivity contribution in [3.05, 3.63) is 100 Å². The van der Waals surface area contributed by atoms with Crippen LogP contribution in [0.1, 0.15) is 55.9 Å². The Morgan fingerprint density at radius 1 is 1.02 bits per heavy atom. The summed E-state index contributed by atoms with van der Waals surface area (Å²) in [6.07, 6.45) is 1.15. The summed E-state index contributed by atoms with van der Waals surface area (Å²) in [7, 11) is -0.794. The number of nitriles is 1. The van der Waals surface area contributed by atoms with Gasteiger partial charge in [-0.05, 0) is 67.1 Å². The van der Waals surface area contributed by atoms with Gasteiger partial charge in [-0.1, -0.05) is 66.7 Å². The quantitative estimate of drug-likeness (QED) is 0.350. The number of amides is 1. The molecule has 0 atom stereocenters. The topological polar surface area (TPSA) is 80.6 Å². The molecule has 8 heteroatoms. The van der Waals surface area contributed by atoms with Crippen molar-refractivity contribution in [1.82, 2.24) is 5.32 Å². The van der Waals surface area contributed by atoms with Crippen LogP contribution in [0, 0.1) is 17.1 Å². The van der Waals surface area contributed by atoms with Gasteiger partial charge in [0, 0.05) is 18.0 Å². The van der Waals surface area contributed by atoms with Crippen molar-refractivity contribution in [2.75, 3.05) is 13.2 Å². The van der Waals surface area contributed by atoms with Gasteiger partial charge in [-0.3, -0.25) is 0 Å². The van der Waals surface area contributed by atoms with Crippen LogP contribution in [0.3, 0.4) is 0 Å². The number of fused-ring (bicyclic) bond motifs is 3. The normalized spacial score (nSPS) is 17.2. The maximum absolute atomic E-state index is 14.9. The summed E-state index contributed by atoms with van der Waals surface area (Å²) in [5.41, 5.74) is 4.77. The number of nitrogens with one attached hydrogen (secondary N) is 1. The maximum atomic E-state index is 14.9. The van der Waals surface area contributed by atoms with Crippen LogP contribution < -0.4 is 5.32 Å². The first-order valence-electron chi connectivity index (χ1n) is 13.4. The highest BCUT2D eigenvalue weighted by atomic mass is 19.1. The Morgan fingerprint density at radius 2 is 1.62 bits per heavy atom. The number of ether oxygens (including phenoxy) is 1. The van der Waals surface area contributed by atoms with Crippen molar-refractivity contribution >= 4 is 19.3 Å². The van der Waals surface area contributed by atoms with Crippen LogP contribution in [0.5, 0.6) is 0 Å². The summed E-state index contributed by atoms with van der Waals surface area (Å²) in [4.78, 5) is 12.9. The summed E-state index contributed by atoms with van der Waals surface area (Å²) in [6, 6.07) is 23.0. The second-order valence-corrected chi connectivity index (χ2v) is 11.2. The van der Waals surface area contributed by atoms with Crippen molar-refractivity contribution in [2.24, 2.45) is 0 Å². The first-order chi connectivity index (χ1) is 19.1. The molecule has 5 rings (SSSR count). The summed E-state index contributed by atoms with van der Waals surface area (Å²) >= 11 is 0. The monoisotopic (exact) mass is 538 g/mol. The smallest absolute Gasteiger partial charge is 0.449 e. The molecule has 0 aromatic heterocycles. The third kappa shape index (κ3) is 5.40. The molecule has 6 nitrogen and oxygen atoms in total. The van der Waals surface area contributed by atoms with Crippen molar-refractivity contribution in [3.8, 4) is 17.2 Å². The Hall–Kier alpha value is -3.93. The van der Waals surface area contributed by atoms with Gasteiger partial charge >= 0.3 is 13.2 Å². The first kappa shape index (κ1) is 27.6. The van der Waals surface area contributed by atoms with Gasteiger partial charge in [0.1, 0.15) is 12.4 Å². The molecule has 2 aliphatic rings. The molecule has 1 fully saturated rings. The second-order valence-electron chi connectivity index (χ2n) is 11.2. The maximum Gasteiger partial charge on any atom is 0.492 e. The number of nitrogens with zero attached hydrogens (tertiary/aromatic N) is 1. The number of hydrogen-bond donors (Lipinski definition) is 1. The number of rotatable bonds is 7. The molecule has 3 aromatic carbocycles. The lowest BCUT2D eigenvalue weighted by Crippen LogP contribution is -2.41. The molecule has 1 aliphatic heterocycles. The molecule has 0 radical (unpaired) electrons. The van der Waals surface area contributed by atoms with E-state index in [9.17, 15) is 9.18 Å². The predicted molar refractivity (Wildman–Crippen MR) is 153 cm³/mol. The van der Waals surface area contributed by atoms with Gasteiger partial charge in [0.25, 0.3) is 0 Å². The van der Waals surface area contributed by atoms with E-state index in [1.165, 1.54) is 6.07 Å². The molecule has 0 saturated carbocycles. The highest BCUT2D eigenvalue weighted by Gasteiger charge is 2.52. The van der Waals surface area contributed by atoms with Gasteiger partial charge in [0.05, 0.1) is 23.7 Å². The summed E-state index contributed by atoms with van der Waals surface area (Å²) in [5.74, 6) is -0.528. The molecule has 1 heterocycles. The van der Waals surface area contributed by atoms with E-state index in [-0.39, 0.29) is 25.5 Å². The Kier molecular flexibility index (Phi) is 7.54.